The lowest BCUT2D eigenvalue weighted by Gasteiger charge is -2.16. The molecule has 9 heteroatoms. The molecule has 4 aromatic rings. The Bertz CT molecular complexity index is 1510. The van der Waals surface area contributed by atoms with Gasteiger partial charge in [-0.15, -0.1) is 0 Å². The summed E-state index contributed by atoms with van der Waals surface area (Å²) >= 11 is 0. The van der Waals surface area contributed by atoms with Gasteiger partial charge < -0.3 is 10.1 Å². The zero-order valence-electron chi connectivity index (χ0n) is 19.9. The topological polar surface area (TPSA) is 84.5 Å². The average Bonchev–Trinajstić information content (AvgIpc) is 2.87. The van der Waals surface area contributed by atoms with Crippen LogP contribution in [0.2, 0.25) is 0 Å². The highest BCUT2D eigenvalue weighted by molar-refractivity contribution is 7.89. The van der Waals surface area contributed by atoms with Gasteiger partial charge in [0.05, 0.1) is 17.0 Å². The molecule has 6 nitrogen and oxygen atoms in total. The second kappa shape index (κ2) is 11.3. The number of amides is 1. The first-order chi connectivity index (χ1) is 17.8. The maximum absolute atomic E-state index is 15.7. The fraction of sp³-hybridized carbons (Fsp3) is 0.107. The van der Waals surface area contributed by atoms with Crippen molar-refractivity contribution in [2.24, 2.45) is 0 Å². The second-order valence-electron chi connectivity index (χ2n) is 8.10. The van der Waals surface area contributed by atoms with Crippen LogP contribution in [0, 0.1) is 11.6 Å². The smallest absolute Gasteiger partial charge is 0.240 e. The SMILES string of the molecule is CCNS(=O)(=O)c1ccc(CC(=O)Nc2ccc(-c3ccccc3)c(Oc3cccc(F)c3)c2F)cc1. The number of nitrogens with one attached hydrogen (secondary N) is 2. The molecule has 4 rings (SSSR count). The van der Waals surface area contributed by atoms with Crippen molar-refractivity contribution in [3.05, 3.63) is 108 Å². The zero-order valence-corrected chi connectivity index (χ0v) is 20.7. The van der Waals surface area contributed by atoms with E-state index in [4.69, 9.17) is 4.74 Å². The average molecular weight is 523 g/mol. The van der Waals surface area contributed by atoms with Gasteiger partial charge in [-0.2, -0.15) is 0 Å². The number of anilines is 1. The number of carbonyl (C=O) groups is 1. The minimum atomic E-state index is -3.61. The molecule has 0 atom stereocenters. The maximum atomic E-state index is 15.7. The van der Waals surface area contributed by atoms with Crippen molar-refractivity contribution >= 4 is 21.6 Å². The standard InChI is InChI=1S/C28H24F2N2O4S/c1-2-31-37(34,35)23-13-11-19(12-14-23)17-26(33)32-25-16-15-24(20-7-4-3-5-8-20)28(27(25)30)36-22-10-6-9-21(29)18-22/h3-16,18,31H,2,17H2,1H3,(H,32,33). The highest BCUT2D eigenvalue weighted by Gasteiger charge is 2.19. The van der Waals surface area contributed by atoms with Crippen molar-refractivity contribution in [2.75, 3.05) is 11.9 Å². The second-order valence-corrected chi connectivity index (χ2v) is 9.87. The number of halogens is 2. The van der Waals surface area contributed by atoms with Crippen molar-refractivity contribution in [1.82, 2.24) is 4.72 Å². The first kappa shape index (κ1) is 26.0. The number of benzene rings is 4. The Morgan fingerprint density at radius 2 is 1.62 bits per heavy atom. The summed E-state index contributed by atoms with van der Waals surface area (Å²) in [5.74, 6) is -1.91. The summed E-state index contributed by atoms with van der Waals surface area (Å²) in [6.07, 6.45) is -0.110. The number of hydrogen-bond acceptors (Lipinski definition) is 4. The van der Waals surface area contributed by atoms with E-state index in [0.29, 0.717) is 16.7 Å². The van der Waals surface area contributed by atoms with E-state index in [1.54, 1.807) is 37.3 Å². The summed E-state index contributed by atoms with van der Waals surface area (Å²) in [5, 5.41) is 2.54. The molecule has 2 N–H and O–H groups in total. The normalized spacial score (nSPS) is 11.2. The number of hydrogen-bond donors (Lipinski definition) is 2. The summed E-state index contributed by atoms with van der Waals surface area (Å²) in [7, 11) is -3.61. The first-order valence-electron chi connectivity index (χ1n) is 11.5. The molecule has 0 fully saturated rings. The van der Waals surface area contributed by atoms with E-state index in [-0.39, 0.29) is 35.0 Å². The predicted octanol–water partition coefficient (Wildman–Crippen LogP) is 5.90. The fourth-order valence-electron chi connectivity index (χ4n) is 3.69. The van der Waals surface area contributed by atoms with Crippen LogP contribution in [0.25, 0.3) is 11.1 Å². The van der Waals surface area contributed by atoms with Gasteiger partial charge in [0, 0.05) is 18.2 Å². The molecule has 0 saturated heterocycles. The Kier molecular flexibility index (Phi) is 7.95. The van der Waals surface area contributed by atoms with E-state index < -0.39 is 27.6 Å². The van der Waals surface area contributed by atoms with Crippen molar-refractivity contribution in [2.45, 2.75) is 18.2 Å². The van der Waals surface area contributed by atoms with Crippen molar-refractivity contribution in [1.29, 1.82) is 0 Å². The van der Waals surface area contributed by atoms with E-state index in [2.05, 4.69) is 10.0 Å². The summed E-state index contributed by atoms with van der Waals surface area (Å²) in [6.45, 7) is 1.93. The Morgan fingerprint density at radius 3 is 2.30 bits per heavy atom. The molecule has 0 bridgehead atoms. The van der Waals surface area contributed by atoms with Crippen LogP contribution in [-0.2, 0) is 21.2 Å². The largest absolute Gasteiger partial charge is 0.453 e. The van der Waals surface area contributed by atoms with E-state index in [1.807, 2.05) is 6.07 Å². The van der Waals surface area contributed by atoms with Gasteiger partial charge >= 0.3 is 0 Å². The Hall–Kier alpha value is -4.08. The van der Waals surface area contributed by atoms with Gasteiger partial charge in [-0.1, -0.05) is 55.5 Å². The van der Waals surface area contributed by atoms with Crippen LogP contribution < -0.4 is 14.8 Å². The molecule has 0 aliphatic carbocycles. The molecule has 0 aromatic heterocycles. The lowest BCUT2D eigenvalue weighted by Crippen LogP contribution is -2.23. The van der Waals surface area contributed by atoms with Gasteiger partial charge in [-0.25, -0.2) is 21.9 Å². The quantitative estimate of drug-likeness (QED) is 0.287. The van der Waals surface area contributed by atoms with Crippen LogP contribution in [0.3, 0.4) is 0 Å². The Labute approximate surface area is 214 Å². The van der Waals surface area contributed by atoms with Crippen LogP contribution in [0.15, 0.2) is 95.9 Å². The molecule has 0 heterocycles. The third-order valence-electron chi connectivity index (χ3n) is 5.40. The van der Waals surface area contributed by atoms with Crippen LogP contribution in [0.1, 0.15) is 12.5 Å². The summed E-state index contributed by atoms with van der Waals surface area (Å²) in [4.78, 5) is 12.8. The molecular weight excluding hydrogens is 498 g/mol. The minimum absolute atomic E-state index is 0.0835. The Morgan fingerprint density at radius 1 is 0.892 bits per heavy atom. The van der Waals surface area contributed by atoms with E-state index in [0.717, 1.165) is 6.07 Å². The summed E-state index contributed by atoms with van der Waals surface area (Å²) < 4.78 is 61.7. The van der Waals surface area contributed by atoms with E-state index in [1.165, 1.54) is 48.5 Å². The van der Waals surface area contributed by atoms with Crippen LogP contribution in [0.5, 0.6) is 11.5 Å². The molecule has 4 aromatic carbocycles. The zero-order chi connectivity index (χ0) is 26.4. The van der Waals surface area contributed by atoms with Gasteiger partial charge in [0.2, 0.25) is 15.9 Å². The van der Waals surface area contributed by atoms with Crippen molar-refractivity contribution < 1.29 is 26.7 Å². The molecule has 1 amide bonds. The number of sulfonamides is 1. The lowest BCUT2D eigenvalue weighted by molar-refractivity contribution is -0.115. The van der Waals surface area contributed by atoms with Gasteiger partial charge in [0.25, 0.3) is 0 Å². The van der Waals surface area contributed by atoms with Crippen molar-refractivity contribution in [3.8, 4) is 22.6 Å². The van der Waals surface area contributed by atoms with E-state index in [9.17, 15) is 17.6 Å². The van der Waals surface area contributed by atoms with E-state index >= 15 is 4.39 Å². The van der Waals surface area contributed by atoms with Crippen molar-refractivity contribution in [3.63, 3.8) is 0 Å². The molecule has 190 valence electrons. The van der Waals surface area contributed by atoms with Gasteiger partial charge in [-0.3, -0.25) is 4.79 Å². The monoisotopic (exact) mass is 522 g/mol. The van der Waals surface area contributed by atoms with Gasteiger partial charge in [0.15, 0.2) is 11.6 Å². The molecule has 0 spiro atoms. The number of carbonyl (C=O) groups excluding carboxylic acids is 1. The third-order valence-corrected chi connectivity index (χ3v) is 6.97. The number of ether oxygens (including phenoxy) is 1. The summed E-state index contributed by atoms with van der Waals surface area (Å²) in [6, 6.07) is 23.2. The third kappa shape index (κ3) is 6.38. The molecule has 37 heavy (non-hydrogen) atoms. The molecule has 0 aliphatic rings. The Balaban J connectivity index is 1.58. The maximum Gasteiger partial charge on any atom is 0.240 e. The molecule has 0 aliphatic heterocycles. The molecule has 0 radical (unpaired) electrons. The molecule has 0 unspecified atom stereocenters. The highest BCUT2D eigenvalue weighted by Crippen LogP contribution is 2.39. The van der Waals surface area contributed by atoms with Gasteiger partial charge in [0.1, 0.15) is 11.6 Å². The highest BCUT2D eigenvalue weighted by atomic mass is 32.2. The van der Waals surface area contributed by atoms with Crippen LogP contribution in [-0.4, -0.2) is 20.9 Å². The minimum Gasteiger partial charge on any atom is -0.453 e. The lowest BCUT2D eigenvalue weighted by atomic mass is 10.0. The number of rotatable bonds is 9. The van der Waals surface area contributed by atoms with Crippen LogP contribution >= 0.6 is 0 Å². The summed E-state index contributed by atoms with van der Waals surface area (Å²) in [5.41, 5.74) is 1.55. The fourth-order valence-corrected chi connectivity index (χ4v) is 4.73. The van der Waals surface area contributed by atoms with Gasteiger partial charge in [-0.05, 0) is 47.5 Å². The first-order valence-corrected chi connectivity index (χ1v) is 12.9. The molecule has 0 saturated carbocycles. The molecular formula is C28H24F2N2O4S. The van der Waals surface area contributed by atoms with Crippen LogP contribution in [0.4, 0.5) is 14.5 Å². The predicted molar refractivity (Wildman–Crippen MR) is 138 cm³/mol.